The van der Waals surface area contributed by atoms with Gasteiger partial charge in [0, 0.05) is 25.7 Å². The first-order chi connectivity index (χ1) is 14.5. The molecule has 2 aromatic rings. The van der Waals surface area contributed by atoms with Crippen LogP contribution in [0, 0.1) is 5.82 Å². The number of amides is 3. The van der Waals surface area contributed by atoms with Crippen molar-refractivity contribution in [1.29, 1.82) is 0 Å². The van der Waals surface area contributed by atoms with Gasteiger partial charge < -0.3 is 15.0 Å². The van der Waals surface area contributed by atoms with E-state index in [4.69, 9.17) is 4.74 Å². The molecule has 1 N–H and O–H groups in total. The summed E-state index contributed by atoms with van der Waals surface area (Å²) >= 11 is 0. The van der Waals surface area contributed by atoms with E-state index in [1.54, 1.807) is 24.3 Å². The predicted octanol–water partition coefficient (Wildman–Crippen LogP) is 2.40. The van der Waals surface area contributed by atoms with Gasteiger partial charge in [0.15, 0.2) is 0 Å². The van der Waals surface area contributed by atoms with E-state index >= 15 is 0 Å². The average molecular weight is 409 g/mol. The summed E-state index contributed by atoms with van der Waals surface area (Å²) in [6.45, 7) is 3.26. The van der Waals surface area contributed by atoms with Gasteiger partial charge in [-0.2, -0.15) is 0 Å². The average Bonchev–Trinajstić information content (AvgIpc) is 3.00. The second kappa shape index (κ2) is 8.08. The number of morpholine rings is 1. The van der Waals surface area contributed by atoms with Gasteiger partial charge in [-0.3, -0.25) is 14.4 Å². The number of rotatable bonds is 4. The van der Waals surface area contributed by atoms with E-state index in [9.17, 15) is 18.8 Å². The standard InChI is InChI=1S/C22H20FN3O4/c1-14(27)24-17-6-8-18(9-7-17)26-21(28)19(15-2-4-16(23)5-3-15)20(22(26)29)25-10-12-30-13-11-25/h2-9H,10-13H2,1H3,(H,24,27). The third-order valence-electron chi connectivity index (χ3n) is 4.97. The van der Waals surface area contributed by atoms with Crippen LogP contribution < -0.4 is 10.2 Å². The van der Waals surface area contributed by atoms with Gasteiger partial charge in [-0.25, -0.2) is 9.29 Å². The fraction of sp³-hybridized carbons (Fsp3) is 0.227. The Morgan fingerprint density at radius 2 is 1.60 bits per heavy atom. The molecule has 154 valence electrons. The molecule has 30 heavy (non-hydrogen) atoms. The Labute approximate surface area is 172 Å². The van der Waals surface area contributed by atoms with Crippen LogP contribution in [-0.4, -0.2) is 48.9 Å². The van der Waals surface area contributed by atoms with E-state index in [1.165, 1.54) is 31.2 Å². The maximum atomic E-state index is 13.4. The number of carbonyl (C=O) groups is 3. The zero-order chi connectivity index (χ0) is 21.3. The largest absolute Gasteiger partial charge is 0.378 e. The number of benzene rings is 2. The monoisotopic (exact) mass is 409 g/mol. The smallest absolute Gasteiger partial charge is 0.282 e. The number of ether oxygens (including phenoxy) is 1. The van der Waals surface area contributed by atoms with Gasteiger partial charge in [0.05, 0.1) is 24.5 Å². The molecule has 0 unspecified atom stereocenters. The molecule has 3 amide bonds. The van der Waals surface area contributed by atoms with Gasteiger partial charge in [-0.15, -0.1) is 0 Å². The highest BCUT2D eigenvalue weighted by molar-refractivity contribution is 6.45. The van der Waals surface area contributed by atoms with Crippen molar-refractivity contribution in [3.8, 4) is 0 Å². The normalized spacial score (nSPS) is 17.0. The molecule has 0 spiro atoms. The fourth-order valence-electron chi connectivity index (χ4n) is 3.61. The van der Waals surface area contributed by atoms with Crippen molar-refractivity contribution in [3.63, 3.8) is 0 Å². The van der Waals surface area contributed by atoms with Crippen LogP contribution in [-0.2, 0) is 19.1 Å². The minimum atomic E-state index is -0.472. The minimum Gasteiger partial charge on any atom is -0.378 e. The third-order valence-corrected chi connectivity index (χ3v) is 4.97. The molecule has 1 fully saturated rings. The zero-order valence-electron chi connectivity index (χ0n) is 16.4. The lowest BCUT2D eigenvalue weighted by molar-refractivity contribution is -0.121. The summed E-state index contributed by atoms with van der Waals surface area (Å²) in [5.41, 5.74) is 1.97. The van der Waals surface area contributed by atoms with Crippen LogP contribution in [0.15, 0.2) is 54.2 Å². The quantitative estimate of drug-likeness (QED) is 0.785. The summed E-state index contributed by atoms with van der Waals surface area (Å²) in [5.74, 6) is -1.55. The van der Waals surface area contributed by atoms with Crippen molar-refractivity contribution in [1.82, 2.24) is 4.90 Å². The van der Waals surface area contributed by atoms with E-state index in [2.05, 4.69) is 5.32 Å². The second-order valence-corrected chi connectivity index (χ2v) is 7.00. The first-order valence-corrected chi connectivity index (χ1v) is 9.55. The highest BCUT2D eigenvalue weighted by atomic mass is 19.1. The lowest BCUT2D eigenvalue weighted by Gasteiger charge is -2.29. The maximum Gasteiger partial charge on any atom is 0.282 e. The molecule has 0 aromatic heterocycles. The summed E-state index contributed by atoms with van der Waals surface area (Å²) < 4.78 is 18.8. The number of nitrogens with zero attached hydrogens (tertiary/aromatic N) is 2. The highest BCUT2D eigenvalue weighted by Gasteiger charge is 2.42. The number of nitrogens with one attached hydrogen (secondary N) is 1. The second-order valence-electron chi connectivity index (χ2n) is 7.00. The number of hydrogen-bond acceptors (Lipinski definition) is 5. The number of carbonyl (C=O) groups excluding carboxylic acids is 3. The van der Waals surface area contributed by atoms with Gasteiger partial charge >= 0.3 is 0 Å². The van der Waals surface area contributed by atoms with Gasteiger partial charge in [0.25, 0.3) is 11.8 Å². The van der Waals surface area contributed by atoms with Crippen molar-refractivity contribution < 1.29 is 23.5 Å². The summed E-state index contributed by atoms with van der Waals surface area (Å²) in [6, 6.07) is 12.0. The van der Waals surface area contributed by atoms with Crippen LogP contribution in [0.2, 0.25) is 0 Å². The molecule has 4 rings (SSSR count). The summed E-state index contributed by atoms with van der Waals surface area (Å²) in [7, 11) is 0. The van der Waals surface area contributed by atoms with Crippen molar-refractivity contribution in [2.24, 2.45) is 0 Å². The molecule has 0 radical (unpaired) electrons. The first-order valence-electron chi connectivity index (χ1n) is 9.55. The van der Waals surface area contributed by atoms with E-state index in [1.807, 2.05) is 4.90 Å². The first kappa shape index (κ1) is 19.8. The predicted molar refractivity (Wildman–Crippen MR) is 109 cm³/mol. The molecular formula is C22H20FN3O4. The topological polar surface area (TPSA) is 79.0 Å². The van der Waals surface area contributed by atoms with Gasteiger partial charge in [0.1, 0.15) is 11.5 Å². The molecule has 2 heterocycles. The Morgan fingerprint density at radius 3 is 2.20 bits per heavy atom. The lowest BCUT2D eigenvalue weighted by atomic mass is 10.0. The number of anilines is 2. The van der Waals surface area contributed by atoms with E-state index in [0.717, 1.165) is 4.90 Å². The zero-order valence-corrected chi connectivity index (χ0v) is 16.4. The van der Waals surface area contributed by atoms with Crippen LogP contribution in [0.4, 0.5) is 15.8 Å². The molecule has 2 aliphatic heterocycles. The fourth-order valence-corrected chi connectivity index (χ4v) is 3.61. The summed E-state index contributed by atoms with van der Waals surface area (Å²) in [4.78, 5) is 40.9. The van der Waals surface area contributed by atoms with Crippen LogP contribution in [0.3, 0.4) is 0 Å². The van der Waals surface area contributed by atoms with Crippen LogP contribution in [0.25, 0.3) is 5.57 Å². The molecule has 0 aliphatic carbocycles. The molecule has 0 bridgehead atoms. The highest BCUT2D eigenvalue weighted by Crippen LogP contribution is 2.35. The third kappa shape index (κ3) is 3.69. The molecule has 8 heteroatoms. The summed E-state index contributed by atoms with van der Waals surface area (Å²) in [5, 5.41) is 2.65. The van der Waals surface area contributed by atoms with Crippen molar-refractivity contribution >= 4 is 34.7 Å². The van der Waals surface area contributed by atoms with Crippen molar-refractivity contribution in [3.05, 3.63) is 65.6 Å². The Hall–Kier alpha value is -3.52. The maximum absolute atomic E-state index is 13.4. The lowest BCUT2D eigenvalue weighted by Crippen LogP contribution is -2.40. The molecule has 2 aliphatic rings. The van der Waals surface area contributed by atoms with E-state index in [-0.39, 0.29) is 11.5 Å². The van der Waals surface area contributed by atoms with Crippen molar-refractivity contribution in [2.75, 3.05) is 36.5 Å². The number of halogens is 1. The van der Waals surface area contributed by atoms with Crippen molar-refractivity contribution in [2.45, 2.75) is 6.92 Å². The molecule has 7 nitrogen and oxygen atoms in total. The molecule has 0 saturated carbocycles. The number of hydrogen-bond donors (Lipinski definition) is 1. The van der Waals surface area contributed by atoms with Crippen LogP contribution in [0.1, 0.15) is 12.5 Å². The van der Waals surface area contributed by atoms with E-state index in [0.29, 0.717) is 48.9 Å². The minimum absolute atomic E-state index is 0.217. The Balaban J connectivity index is 1.74. The Morgan fingerprint density at radius 1 is 0.967 bits per heavy atom. The van der Waals surface area contributed by atoms with E-state index < -0.39 is 17.6 Å². The van der Waals surface area contributed by atoms with Gasteiger partial charge in [-0.1, -0.05) is 12.1 Å². The molecule has 1 saturated heterocycles. The van der Waals surface area contributed by atoms with Gasteiger partial charge in [0.2, 0.25) is 5.91 Å². The SMILES string of the molecule is CC(=O)Nc1ccc(N2C(=O)C(c3ccc(F)cc3)=C(N3CCOCC3)C2=O)cc1. The molecular weight excluding hydrogens is 389 g/mol. The summed E-state index contributed by atoms with van der Waals surface area (Å²) in [6.07, 6.45) is 0. The Bertz CT molecular complexity index is 1030. The van der Waals surface area contributed by atoms with Gasteiger partial charge in [-0.05, 0) is 42.0 Å². The van der Waals surface area contributed by atoms with Crippen LogP contribution in [0.5, 0.6) is 0 Å². The molecule has 0 atom stereocenters. The Kier molecular flexibility index (Phi) is 5.33. The molecule has 2 aromatic carbocycles. The van der Waals surface area contributed by atoms with Crippen LogP contribution >= 0.6 is 0 Å². The number of imide groups is 1.